The molecule has 0 amide bonds. The van der Waals surface area contributed by atoms with Gasteiger partial charge in [-0.15, -0.1) is 6.58 Å². The minimum absolute atomic E-state index is 0.174. The molecule has 0 aliphatic rings. The van der Waals surface area contributed by atoms with Crippen molar-refractivity contribution >= 4 is 0 Å². The Hall–Kier alpha value is -1.33. The minimum Gasteiger partial charge on any atom is -0.394 e. The van der Waals surface area contributed by atoms with Crippen LogP contribution in [-0.2, 0) is 0 Å². The third kappa shape index (κ3) is 3.57. The molecule has 2 N–H and O–H groups in total. The molecule has 0 aliphatic carbocycles. The van der Waals surface area contributed by atoms with Crippen LogP contribution in [0.4, 0.5) is 13.2 Å². The summed E-state index contributed by atoms with van der Waals surface area (Å²) in [5, 5.41) is 12.0. The first-order valence-electron chi connectivity index (χ1n) is 5.19. The van der Waals surface area contributed by atoms with Crippen molar-refractivity contribution in [1.82, 2.24) is 5.32 Å². The second kappa shape index (κ2) is 6.42. The van der Waals surface area contributed by atoms with E-state index in [0.29, 0.717) is 13.0 Å². The molecule has 17 heavy (non-hydrogen) atoms. The van der Waals surface area contributed by atoms with Crippen LogP contribution >= 0.6 is 0 Å². The highest BCUT2D eigenvalue weighted by atomic mass is 19.2. The van der Waals surface area contributed by atoms with E-state index in [0.717, 1.165) is 12.1 Å². The lowest BCUT2D eigenvalue weighted by atomic mass is 10.1. The molecule has 0 aromatic heterocycles. The van der Waals surface area contributed by atoms with E-state index in [9.17, 15) is 13.2 Å². The predicted octanol–water partition coefficient (Wildman–Crippen LogP) is 2.30. The normalized spacial score (nSPS) is 12.5. The zero-order valence-electron chi connectivity index (χ0n) is 9.22. The van der Waals surface area contributed by atoms with Gasteiger partial charge in [-0.1, -0.05) is 6.08 Å². The number of rotatable bonds is 6. The van der Waals surface area contributed by atoms with Crippen LogP contribution in [0.2, 0.25) is 0 Å². The van der Waals surface area contributed by atoms with Gasteiger partial charge >= 0.3 is 0 Å². The van der Waals surface area contributed by atoms with Gasteiger partial charge in [-0.25, -0.2) is 13.2 Å². The molecule has 2 nitrogen and oxygen atoms in total. The van der Waals surface area contributed by atoms with Crippen LogP contribution in [0.5, 0.6) is 0 Å². The summed E-state index contributed by atoms with van der Waals surface area (Å²) in [7, 11) is 0. The molecular formula is C12H14F3NO. The van der Waals surface area contributed by atoms with Gasteiger partial charge in [0.1, 0.15) is 0 Å². The van der Waals surface area contributed by atoms with Crippen molar-refractivity contribution in [2.24, 2.45) is 0 Å². The van der Waals surface area contributed by atoms with Crippen LogP contribution in [0.1, 0.15) is 18.0 Å². The fourth-order valence-corrected chi connectivity index (χ4v) is 1.42. The molecule has 1 aromatic carbocycles. The number of aliphatic hydroxyl groups excluding tert-OH is 1. The lowest BCUT2D eigenvalue weighted by molar-refractivity contribution is 0.244. The number of aliphatic hydroxyl groups is 1. The quantitative estimate of drug-likeness (QED) is 0.458. The third-order valence-electron chi connectivity index (χ3n) is 2.33. The second-order valence-corrected chi connectivity index (χ2v) is 3.57. The monoisotopic (exact) mass is 245 g/mol. The van der Waals surface area contributed by atoms with Gasteiger partial charge in [0, 0.05) is 0 Å². The number of nitrogens with one attached hydrogen (secondary N) is 1. The highest BCUT2D eigenvalue weighted by Gasteiger charge is 2.16. The lowest BCUT2D eigenvalue weighted by Crippen LogP contribution is -2.25. The first kappa shape index (κ1) is 13.7. The molecule has 0 spiro atoms. The fraction of sp³-hybridized carbons (Fsp3) is 0.333. The first-order chi connectivity index (χ1) is 8.10. The summed E-state index contributed by atoms with van der Waals surface area (Å²) < 4.78 is 38.7. The molecule has 0 radical (unpaired) electrons. The van der Waals surface area contributed by atoms with Crippen LogP contribution in [-0.4, -0.2) is 18.3 Å². The van der Waals surface area contributed by atoms with Crippen molar-refractivity contribution in [3.8, 4) is 0 Å². The molecule has 5 heteroatoms. The maximum atomic E-state index is 13.0. The average Bonchev–Trinajstić information content (AvgIpc) is 2.31. The lowest BCUT2D eigenvalue weighted by Gasteiger charge is -2.16. The van der Waals surface area contributed by atoms with E-state index in [1.54, 1.807) is 6.08 Å². The highest BCUT2D eigenvalue weighted by molar-refractivity contribution is 5.22. The Morgan fingerprint density at radius 2 is 1.88 bits per heavy atom. The molecule has 94 valence electrons. The van der Waals surface area contributed by atoms with Crippen LogP contribution in [0, 0.1) is 17.5 Å². The van der Waals surface area contributed by atoms with Gasteiger partial charge in [0.05, 0.1) is 12.6 Å². The second-order valence-electron chi connectivity index (χ2n) is 3.57. The van der Waals surface area contributed by atoms with Crippen molar-refractivity contribution in [1.29, 1.82) is 0 Å². The van der Waals surface area contributed by atoms with Crippen molar-refractivity contribution in [2.45, 2.75) is 12.5 Å². The maximum absolute atomic E-state index is 13.0. The van der Waals surface area contributed by atoms with Crippen LogP contribution in [0.15, 0.2) is 24.8 Å². The van der Waals surface area contributed by atoms with E-state index >= 15 is 0 Å². The Bertz CT molecular complexity index is 372. The highest BCUT2D eigenvalue weighted by Crippen LogP contribution is 2.19. The molecule has 0 saturated heterocycles. The molecule has 0 aliphatic heterocycles. The Balaban J connectivity index is 2.84. The SMILES string of the molecule is C=CCCN[C@@H](CO)c1cc(F)c(F)c(F)c1. The molecule has 0 bridgehead atoms. The summed E-state index contributed by atoms with van der Waals surface area (Å²) in [5.41, 5.74) is 0.174. The van der Waals surface area contributed by atoms with Crippen molar-refractivity contribution in [3.63, 3.8) is 0 Å². The van der Waals surface area contributed by atoms with Gasteiger partial charge in [-0.2, -0.15) is 0 Å². The summed E-state index contributed by atoms with van der Waals surface area (Å²) in [6, 6.07) is 1.12. The number of halogens is 3. The van der Waals surface area contributed by atoms with Gasteiger partial charge < -0.3 is 10.4 Å². The number of benzene rings is 1. The van der Waals surface area contributed by atoms with E-state index in [1.165, 1.54) is 0 Å². The van der Waals surface area contributed by atoms with Gasteiger partial charge in [0.15, 0.2) is 17.5 Å². The van der Waals surface area contributed by atoms with Crippen LogP contribution in [0.25, 0.3) is 0 Å². The zero-order valence-corrected chi connectivity index (χ0v) is 9.22. The van der Waals surface area contributed by atoms with Crippen molar-refractivity contribution < 1.29 is 18.3 Å². The standard InChI is InChI=1S/C12H14F3NO/c1-2-3-4-16-11(7-17)8-5-9(13)12(15)10(14)6-8/h2,5-6,11,16-17H,1,3-4,7H2/t11-/m0/s1. The van der Waals surface area contributed by atoms with Crippen molar-refractivity contribution in [3.05, 3.63) is 47.8 Å². The first-order valence-corrected chi connectivity index (χ1v) is 5.19. The fourth-order valence-electron chi connectivity index (χ4n) is 1.42. The summed E-state index contributed by atoms with van der Waals surface area (Å²) in [5.74, 6) is -4.02. The maximum Gasteiger partial charge on any atom is 0.194 e. The summed E-state index contributed by atoms with van der Waals surface area (Å²) >= 11 is 0. The van der Waals surface area contributed by atoms with E-state index in [1.807, 2.05) is 0 Å². The van der Waals surface area contributed by atoms with E-state index in [4.69, 9.17) is 5.11 Å². The Kier molecular flexibility index (Phi) is 5.18. The summed E-state index contributed by atoms with van der Waals surface area (Å²) in [4.78, 5) is 0. The summed E-state index contributed by atoms with van der Waals surface area (Å²) in [6.45, 7) is 3.70. The zero-order chi connectivity index (χ0) is 12.8. The van der Waals surface area contributed by atoms with Gasteiger partial charge in [-0.3, -0.25) is 0 Å². The van der Waals surface area contributed by atoms with Gasteiger partial charge in [0.25, 0.3) is 0 Å². The van der Waals surface area contributed by atoms with Crippen LogP contribution in [0.3, 0.4) is 0 Å². The average molecular weight is 245 g/mol. The minimum atomic E-state index is -1.50. The molecule has 1 atom stereocenters. The van der Waals surface area contributed by atoms with Gasteiger partial charge in [0.2, 0.25) is 0 Å². The van der Waals surface area contributed by atoms with Gasteiger partial charge in [-0.05, 0) is 30.7 Å². The topological polar surface area (TPSA) is 32.3 Å². The summed E-state index contributed by atoms with van der Waals surface area (Å²) in [6.07, 6.45) is 2.33. The molecule has 1 aromatic rings. The van der Waals surface area contributed by atoms with E-state index < -0.39 is 23.5 Å². The molecular weight excluding hydrogens is 231 g/mol. The predicted molar refractivity (Wildman–Crippen MR) is 59.0 cm³/mol. The Labute approximate surface area is 97.8 Å². The molecule has 0 heterocycles. The molecule has 0 fully saturated rings. The van der Waals surface area contributed by atoms with E-state index in [-0.39, 0.29) is 12.2 Å². The van der Waals surface area contributed by atoms with E-state index in [2.05, 4.69) is 11.9 Å². The smallest absolute Gasteiger partial charge is 0.194 e. The van der Waals surface area contributed by atoms with Crippen molar-refractivity contribution in [2.75, 3.05) is 13.2 Å². The number of hydrogen-bond donors (Lipinski definition) is 2. The third-order valence-corrected chi connectivity index (χ3v) is 2.33. The van der Waals surface area contributed by atoms with Crippen LogP contribution < -0.4 is 5.32 Å². The number of hydrogen-bond acceptors (Lipinski definition) is 2. The molecule has 1 rings (SSSR count). The molecule has 0 unspecified atom stereocenters. The Morgan fingerprint density at radius 3 is 2.35 bits per heavy atom. The molecule has 0 saturated carbocycles. The Morgan fingerprint density at radius 1 is 1.29 bits per heavy atom. The largest absolute Gasteiger partial charge is 0.394 e.